The van der Waals surface area contributed by atoms with Gasteiger partial charge in [0.15, 0.2) is 0 Å². The summed E-state index contributed by atoms with van der Waals surface area (Å²) in [4.78, 5) is 10.8. The van der Waals surface area contributed by atoms with E-state index in [1.807, 2.05) is 13.8 Å². The molecule has 0 radical (unpaired) electrons. The molecule has 0 unspecified atom stereocenters. The summed E-state index contributed by atoms with van der Waals surface area (Å²) in [7, 11) is 0. The van der Waals surface area contributed by atoms with Crippen LogP contribution in [0.1, 0.15) is 25.1 Å². The molecule has 0 saturated carbocycles. The van der Waals surface area contributed by atoms with E-state index in [2.05, 4.69) is 27.7 Å². The molecule has 1 aromatic heterocycles. The molecule has 1 atom stereocenters. The zero-order chi connectivity index (χ0) is 10.0. The van der Waals surface area contributed by atoms with E-state index in [4.69, 9.17) is 5.11 Å². The van der Waals surface area contributed by atoms with Crippen molar-refractivity contribution in [1.82, 2.24) is 9.78 Å². The van der Waals surface area contributed by atoms with E-state index in [-0.39, 0.29) is 0 Å². The van der Waals surface area contributed by atoms with Gasteiger partial charge in [-0.05, 0) is 35.9 Å². The Labute approximate surface area is 90.1 Å². The number of rotatable bonds is 3. The highest BCUT2D eigenvalue weighted by molar-refractivity contribution is 14.1. The number of carbonyl (C=O) groups is 1. The molecule has 0 aromatic carbocycles. The van der Waals surface area contributed by atoms with Crippen LogP contribution in [0.25, 0.3) is 0 Å². The summed E-state index contributed by atoms with van der Waals surface area (Å²) in [5, 5.41) is 12.9. The highest BCUT2D eigenvalue weighted by Crippen LogP contribution is 2.17. The smallest absolute Gasteiger partial charge is 0.328 e. The molecule has 1 heterocycles. The minimum absolute atomic E-state index is 0.538. The summed E-state index contributed by atoms with van der Waals surface area (Å²) in [5.74, 6) is -0.829. The topological polar surface area (TPSA) is 55.1 Å². The fraction of sp³-hybridized carbons (Fsp3) is 0.500. The lowest BCUT2D eigenvalue weighted by atomic mass is 10.2. The predicted octanol–water partition coefficient (Wildman–Crippen LogP) is 1.83. The monoisotopic (exact) mass is 294 g/mol. The van der Waals surface area contributed by atoms with Gasteiger partial charge in [0.25, 0.3) is 0 Å². The van der Waals surface area contributed by atoms with Gasteiger partial charge >= 0.3 is 5.97 Å². The summed E-state index contributed by atoms with van der Waals surface area (Å²) in [6, 6.07) is -0.538. The van der Waals surface area contributed by atoms with Crippen molar-refractivity contribution in [3.63, 3.8) is 0 Å². The van der Waals surface area contributed by atoms with Crippen molar-refractivity contribution in [1.29, 1.82) is 0 Å². The van der Waals surface area contributed by atoms with Gasteiger partial charge in [-0.15, -0.1) is 0 Å². The Hall–Kier alpha value is -0.590. The second-order valence-electron chi connectivity index (χ2n) is 2.78. The van der Waals surface area contributed by atoms with Gasteiger partial charge in [0.1, 0.15) is 6.04 Å². The van der Waals surface area contributed by atoms with Crippen LogP contribution >= 0.6 is 22.6 Å². The van der Waals surface area contributed by atoms with Crippen LogP contribution in [0.5, 0.6) is 0 Å². The van der Waals surface area contributed by atoms with Gasteiger partial charge in [-0.2, -0.15) is 5.10 Å². The van der Waals surface area contributed by atoms with Crippen molar-refractivity contribution in [2.45, 2.75) is 26.3 Å². The van der Waals surface area contributed by atoms with Crippen LogP contribution in [0, 0.1) is 10.5 Å². The van der Waals surface area contributed by atoms with Gasteiger partial charge in [-0.25, -0.2) is 4.79 Å². The zero-order valence-electron chi connectivity index (χ0n) is 7.49. The molecule has 0 aliphatic rings. The lowest BCUT2D eigenvalue weighted by molar-refractivity contribution is -0.141. The van der Waals surface area contributed by atoms with E-state index < -0.39 is 12.0 Å². The summed E-state index contributed by atoms with van der Waals surface area (Å²) < 4.78 is 2.56. The summed E-state index contributed by atoms with van der Waals surface area (Å²) >= 11 is 2.14. The molecule has 0 aliphatic heterocycles. The Morgan fingerprint density at radius 2 is 2.46 bits per heavy atom. The van der Waals surface area contributed by atoms with Crippen molar-refractivity contribution in [2.24, 2.45) is 0 Å². The maximum atomic E-state index is 10.8. The van der Waals surface area contributed by atoms with Crippen molar-refractivity contribution in [3.05, 3.63) is 15.5 Å². The Morgan fingerprint density at radius 3 is 2.77 bits per heavy atom. The number of hydrogen-bond acceptors (Lipinski definition) is 2. The van der Waals surface area contributed by atoms with E-state index in [0.717, 1.165) is 9.26 Å². The quantitative estimate of drug-likeness (QED) is 0.865. The average Bonchev–Trinajstić information content (AvgIpc) is 2.37. The molecule has 5 heteroatoms. The molecular formula is C8H11IN2O2. The zero-order valence-corrected chi connectivity index (χ0v) is 9.65. The van der Waals surface area contributed by atoms with E-state index in [1.165, 1.54) is 0 Å². The van der Waals surface area contributed by atoms with Gasteiger partial charge < -0.3 is 5.11 Å². The maximum Gasteiger partial charge on any atom is 0.328 e. The van der Waals surface area contributed by atoms with Crippen LogP contribution in [-0.4, -0.2) is 20.9 Å². The Morgan fingerprint density at radius 1 is 1.85 bits per heavy atom. The molecule has 0 spiro atoms. The average molecular weight is 294 g/mol. The number of nitrogens with zero attached hydrogens (tertiary/aromatic N) is 2. The lowest BCUT2D eigenvalue weighted by Crippen LogP contribution is -2.20. The van der Waals surface area contributed by atoms with E-state index in [1.54, 1.807) is 10.9 Å². The number of carboxylic acid groups (broad SMARTS) is 1. The third-order valence-electron chi connectivity index (χ3n) is 1.95. The van der Waals surface area contributed by atoms with Gasteiger partial charge in [-0.3, -0.25) is 4.68 Å². The molecule has 0 aliphatic carbocycles. The van der Waals surface area contributed by atoms with Crippen LogP contribution in [0.4, 0.5) is 0 Å². The van der Waals surface area contributed by atoms with Crippen molar-refractivity contribution >= 4 is 28.6 Å². The molecule has 0 bridgehead atoms. The van der Waals surface area contributed by atoms with Gasteiger partial charge in [0, 0.05) is 5.69 Å². The molecule has 1 aromatic rings. The van der Waals surface area contributed by atoms with Crippen molar-refractivity contribution in [2.75, 3.05) is 0 Å². The van der Waals surface area contributed by atoms with Crippen LogP contribution in [0.3, 0.4) is 0 Å². The minimum Gasteiger partial charge on any atom is -0.480 e. The highest BCUT2D eigenvalue weighted by atomic mass is 127. The fourth-order valence-corrected chi connectivity index (χ4v) is 1.54. The number of aliphatic carboxylic acids is 1. The Balaban J connectivity index is 3.05. The predicted molar refractivity (Wildman–Crippen MR) is 56.6 cm³/mol. The van der Waals surface area contributed by atoms with Crippen LogP contribution in [-0.2, 0) is 4.79 Å². The number of halogens is 1. The van der Waals surface area contributed by atoms with E-state index in [9.17, 15) is 4.79 Å². The molecule has 13 heavy (non-hydrogen) atoms. The van der Waals surface area contributed by atoms with Crippen LogP contribution in [0.2, 0.25) is 0 Å². The molecule has 4 nitrogen and oxygen atoms in total. The van der Waals surface area contributed by atoms with E-state index in [0.29, 0.717) is 6.42 Å². The van der Waals surface area contributed by atoms with Crippen molar-refractivity contribution in [3.8, 4) is 0 Å². The Kier molecular flexibility index (Phi) is 3.29. The third kappa shape index (κ3) is 2.01. The molecule has 0 amide bonds. The molecule has 0 saturated heterocycles. The fourth-order valence-electron chi connectivity index (χ4n) is 1.17. The largest absolute Gasteiger partial charge is 0.480 e. The summed E-state index contributed by atoms with van der Waals surface area (Å²) in [6.07, 6.45) is 2.23. The SMILES string of the molecule is CC[C@H](C(=O)O)n1ncc(I)c1C. The molecule has 0 fully saturated rings. The minimum atomic E-state index is -0.829. The van der Waals surface area contributed by atoms with Gasteiger partial charge in [0.2, 0.25) is 0 Å². The molecule has 1 N–H and O–H groups in total. The second kappa shape index (κ2) is 4.08. The van der Waals surface area contributed by atoms with Gasteiger partial charge in [-0.1, -0.05) is 6.92 Å². The highest BCUT2D eigenvalue weighted by Gasteiger charge is 2.20. The Bertz CT molecular complexity index is 322. The van der Waals surface area contributed by atoms with Crippen molar-refractivity contribution < 1.29 is 9.90 Å². The molecule has 1 rings (SSSR count). The number of aromatic nitrogens is 2. The second-order valence-corrected chi connectivity index (χ2v) is 3.95. The number of hydrogen-bond donors (Lipinski definition) is 1. The lowest BCUT2D eigenvalue weighted by Gasteiger charge is -2.12. The molecular weight excluding hydrogens is 283 g/mol. The summed E-state index contributed by atoms with van der Waals surface area (Å²) in [6.45, 7) is 3.72. The normalized spacial score (nSPS) is 12.8. The first-order valence-corrected chi connectivity index (χ1v) is 5.08. The first kappa shape index (κ1) is 10.5. The summed E-state index contributed by atoms with van der Waals surface area (Å²) in [5.41, 5.74) is 0.912. The van der Waals surface area contributed by atoms with Crippen LogP contribution in [0.15, 0.2) is 6.20 Å². The van der Waals surface area contributed by atoms with Crippen LogP contribution < -0.4 is 0 Å². The van der Waals surface area contributed by atoms with Gasteiger partial charge in [0.05, 0.1) is 9.77 Å². The van der Waals surface area contributed by atoms with E-state index >= 15 is 0 Å². The third-order valence-corrected chi connectivity index (χ3v) is 3.01. The number of carboxylic acids is 1. The first-order chi connectivity index (χ1) is 6.07. The standard InChI is InChI=1S/C8H11IN2O2/c1-3-7(8(12)13)11-5(2)6(9)4-10-11/h4,7H,3H2,1-2H3,(H,12,13)/t7-/m1/s1. The maximum absolute atomic E-state index is 10.8. The first-order valence-electron chi connectivity index (χ1n) is 4.00. The molecule has 72 valence electrons.